The molecule has 0 aromatic carbocycles. The molecule has 2 aromatic heterocycles. The van der Waals surface area contributed by atoms with Gasteiger partial charge in [-0.2, -0.15) is 5.10 Å². The Morgan fingerprint density at radius 1 is 1.50 bits per heavy atom. The van der Waals surface area contributed by atoms with Crippen LogP contribution in [0, 0.1) is 0 Å². The Morgan fingerprint density at radius 3 is 3.30 bits per heavy atom. The summed E-state index contributed by atoms with van der Waals surface area (Å²) < 4.78 is 1.51. The van der Waals surface area contributed by atoms with Crippen LogP contribution in [0.3, 0.4) is 0 Å². The summed E-state index contributed by atoms with van der Waals surface area (Å²) in [6.45, 7) is 0. The molecule has 4 nitrogen and oxygen atoms in total. The highest BCUT2D eigenvalue weighted by Crippen LogP contribution is 2.05. The van der Waals surface area contributed by atoms with Gasteiger partial charge in [-0.25, -0.2) is 9.50 Å². The van der Waals surface area contributed by atoms with Gasteiger partial charge in [0, 0.05) is 6.07 Å². The fourth-order valence-corrected chi connectivity index (χ4v) is 0.800. The van der Waals surface area contributed by atoms with Gasteiger partial charge in [0.05, 0.1) is 18.6 Å². The largest absolute Gasteiger partial charge is 0.505 e. The molecule has 4 heteroatoms. The number of rotatable bonds is 0. The molecule has 50 valence electrons. The lowest BCUT2D eigenvalue weighted by atomic mass is 10.6. The predicted molar refractivity (Wildman–Crippen MR) is 34.7 cm³/mol. The molecular formula is C6H5N3O. The fraction of sp³-hybridized carbons (Fsp3) is 0. The molecule has 0 aliphatic heterocycles. The fourth-order valence-electron chi connectivity index (χ4n) is 0.800. The number of fused-ring (bicyclic) bond motifs is 1. The second-order valence-electron chi connectivity index (χ2n) is 1.95. The lowest BCUT2D eigenvalue weighted by molar-refractivity contribution is 0.467. The lowest BCUT2D eigenvalue weighted by Gasteiger charge is -1.91. The highest BCUT2D eigenvalue weighted by Gasteiger charge is 1.93. The Kier molecular flexibility index (Phi) is 0.887. The first kappa shape index (κ1) is 5.22. The van der Waals surface area contributed by atoms with E-state index in [1.54, 1.807) is 12.3 Å². The summed E-state index contributed by atoms with van der Waals surface area (Å²) in [5, 5.41) is 12.8. The SMILES string of the molecule is Oc1cnc2ccnn2c1. The van der Waals surface area contributed by atoms with Gasteiger partial charge < -0.3 is 5.11 Å². The van der Waals surface area contributed by atoms with Gasteiger partial charge in [0.2, 0.25) is 0 Å². The van der Waals surface area contributed by atoms with Crippen molar-refractivity contribution < 1.29 is 5.11 Å². The monoisotopic (exact) mass is 135 g/mol. The Labute approximate surface area is 56.8 Å². The van der Waals surface area contributed by atoms with Gasteiger partial charge in [0.15, 0.2) is 11.4 Å². The molecule has 0 aliphatic carbocycles. The topological polar surface area (TPSA) is 50.4 Å². The lowest BCUT2D eigenvalue weighted by Crippen LogP contribution is -1.86. The second kappa shape index (κ2) is 1.70. The molecule has 2 rings (SSSR count). The number of aromatic nitrogens is 3. The first-order valence-electron chi connectivity index (χ1n) is 2.84. The normalized spacial score (nSPS) is 10.4. The van der Waals surface area contributed by atoms with Crippen LogP contribution < -0.4 is 0 Å². The molecule has 2 heterocycles. The zero-order valence-corrected chi connectivity index (χ0v) is 5.10. The van der Waals surface area contributed by atoms with Gasteiger partial charge in [0.25, 0.3) is 0 Å². The van der Waals surface area contributed by atoms with Crippen LogP contribution in [0.15, 0.2) is 24.7 Å². The van der Waals surface area contributed by atoms with E-state index in [9.17, 15) is 0 Å². The van der Waals surface area contributed by atoms with Crippen molar-refractivity contribution in [1.82, 2.24) is 14.6 Å². The minimum absolute atomic E-state index is 0.121. The van der Waals surface area contributed by atoms with E-state index in [2.05, 4.69) is 10.1 Å². The first-order chi connectivity index (χ1) is 4.86. The van der Waals surface area contributed by atoms with Crippen molar-refractivity contribution in [1.29, 1.82) is 0 Å². The zero-order chi connectivity index (χ0) is 6.97. The minimum Gasteiger partial charge on any atom is -0.505 e. The quantitative estimate of drug-likeness (QED) is 0.570. The molecular weight excluding hydrogens is 130 g/mol. The summed E-state index contributed by atoms with van der Waals surface area (Å²) in [6.07, 6.45) is 4.51. The zero-order valence-electron chi connectivity index (χ0n) is 5.10. The summed E-state index contributed by atoms with van der Waals surface area (Å²) >= 11 is 0. The van der Waals surface area contributed by atoms with E-state index in [1.165, 1.54) is 16.9 Å². The van der Waals surface area contributed by atoms with Crippen LogP contribution in [-0.4, -0.2) is 19.7 Å². The van der Waals surface area contributed by atoms with Crippen molar-refractivity contribution >= 4 is 5.65 Å². The molecule has 0 fully saturated rings. The van der Waals surface area contributed by atoms with E-state index in [0.29, 0.717) is 0 Å². The molecule has 0 saturated carbocycles. The third-order valence-electron chi connectivity index (χ3n) is 1.23. The number of aromatic hydroxyl groups is 1. The summed E-state index contributed by atoms with van der Waals surface area (Å²) in [7, 11) is 0. The van der Waals surface area contributed by atoms with Crippen molar-refractivity contribution in [3.8, 4) is 5.75 Å². The molecule has 0 saturated heterocycles. The van der Waals surface area contributed by atoms with Crippen LogP contribution in [0.2, 0.25) is 0 Å². The van der Waals surface area contributed by atoms with Crippen molar-refractivity contribution in [2.24, 2.45) is 0 Å². The van der Waals surface area contributed by atoms with Crippen LogP contribution in [0.4, 0.5) is 0 Å². The summed E-state index contributed by atoms with van der Waals surface area (Å²) in [5.41, 5.74) is 0.734. The van der Waals surface area contributed by atoms with Crippen LogP contribution in [0.1, 0.15) is 0 Å². The van der Waals surface area contributed by atoms with Crippen LogP contribution in [-0.2, 0) is 0 Å². The Bertz CT molecular complexity index is 355. The van der Waals surface area contributed by atoms with Crippen LogP contribution in [0.25, 0.3) is 5.65 Å². The van der Waals surface area contributed by atoms with Gasteiger partial charge in [-0.3, -0.25) is 0 Å². The molecule has 0 atom stereocenters. The maximum atomic E-state index is 8.93. The molecule has 0 bridgehead atoms. The van der Waals surface area contributed by atoms with Gasteiger partial charge >= 0.3 is 0 Å². The third-order valence-corrected chi connectivity index (χ3v) is 1.23. The average molecular weight is 135 g/mol. The van der Waals surface area contributed by atoms with Gasteiger partial charge in [-0.05, 0) is 0 Å². The van der Waals surface area contributed by atoms with Crippen LogP contribution in [0.5, 0.6) is 5.75 Å². The Balaban J connectivity index is 2.86. The Hall–Kier alpha value is -1.58. The molecule has 2 aromatic rings. The van der Waals surface area contributed by atoms with Gasteiger partial charge in [-0.1, -0.05) is 0 Å². The molecule has 0 spiro atoms. The first-order valence-corrected chi connectivity index (χ1v) is 2.84. The van der Waals surface area contributed by atoms with E-state index in [0.717, 1.165) is 5.65 Å². The molecule has 10 heavy (non-hydrogen) atoms. The van der Waals surface area contributed by atoms with Gasteiger partial charge in [0.1, 0.15) is 0 Å². The van der Waals surface area contributed by atoms with E-state index < -0.39 is 0 Å². The standard InChI is InChI=1S/C6H5N3O/c10-5-3-7-6-1-2-8-9(6)4-5/h1-4,10H. The third kappa shape index (κ3) is 0.621. The molecule has 0 unspecified atom stereocenters. The van der Waals surface area contributed by atoms with E-state index in [1.807, 2.05) is 0 Å². The number of nitrogens with zero attached hydrogens (tertiary/aromatic N) is 3. The average Bonchev–Trinajstić information content (AvgIpc) is 2.33. The molecule has 1 N–H and O–H groups in total. The van der Waals surface area contributed by atoms with Gasteiger partial charge in [-0.15, -0.1) is 0 Å². The summed E-state index contributed by atoms with van der Waals surface area (Å²) in [6, 6.07) is 1.76. The van der Waals surface area contributed by atoms with Crippen molar-refractivity contribution in [3.05, 3.63) is 24.7 Å². The molecule has 0 amide bonds. The maximum absolute atomic E-state index is 8.93. The van der Waals surface area contributed by atoms with E-state index in [4.69, 9.17) is 5.11 Å². The highest BCUT2D eigenvalue weighted by atomic mass is 16.3. The second-order valence-corrected chi connectivity index (χ2v) is 1.95. The van der Waals surface area contributed by atoms with Crippen LogP contribution >= 0.6 is 0 Å². The van der Waals surface area contributed by atoms with Crippen molar-refractivity contribution in [2.75, 3.05) is 0 Å². The maximum Gasteiger partial charge on any atom is 0.155 e. The molecule has 0 aliphatic rings. The minimum atomic E-state index is 0.121. The van der Waals surface area contributed by atoms with E-state index >= 15 is 0 Å². The number of hydrogen-bond acceptors (Lipinski definition) is 3. The summed E-state index contributed by atoms with van der Waals surface area (Å²) in [5.74, 6) is 0.121. The highest BCUT2D eigenvalue weighted by molar-refractivity contribution is 5.36. The van der Waals surface area contributed by atoms with E-state index in [-0.39, 0.29) is 5.75 Å². The Morgan fingerprint density at radius 2 is 2.40 bits per heavy atom. The number of hydrogen-bond donors (Lipinski definition) is 1. The molecule has 0 radical (unpaired) electrons. The smallest absolute Gasteiger partial charge is 0.155 e. The van der Waals surface area contributed by atoms with Crippen molar-refractivity contribution in [3.63, 3.8) is 0 Å². The predicted octanol–water partition coefficient (Wildman–Crippen LogP) is 0.435. The summed E-state index contributed by atoms with van der Waals surface area (Å²) in [4.78, 5) is 3.89. The van der Waals surface area contributed by atoms with Crippen molar-refractivity contribution in [2.45, 2.75) is 0 Å².